The summed E-state index contributed by atoms with van der Waals surface area (Å²) in [7, 11) is 1.63. The summed E-state index contributed by atoms with van der Waals surface area (Å²) in [5.41, 5.74) is 1.61. The van der Waals surface area contributed by atoms with E-state index < -0.39 is 5.60 Å². The summed E-state index contributed by atoms with van der Waals surface area (Å²) in [6.45, 7) is 3.24. The molecule has 0 aromatic heterocycles. The highest BCUT2D eigenvalue weighted by atomic mass is 16.5. The molecule has 0 atom stereocenters. The van der Waals surface area contributed by atoms with Crippen LogP contribution in [0.4, 0.5) is 0 Å². The number of methoxy groups -OCH3 is 1. The molecule has 0 spiro atoms. The molecule has 0 saturated carbocycles. The number of hydrogen-bond donors (Lipinski definition) is 0. The summed E-state index contributed by atoms with van der Waals surface area (Å²) in [5, 5.41) is 0. The quantitative estimate of drug-likeness (QED) is 0.820. The third-order valence-electron chi connectivity index (χ3n) is 3.81. The summed E-state index contributed by atoms with van der Waals surface area (Å²) < 4.78 is 10.8. The number of benzene rings is 1. The molecule has 98 valence electrons. The van der Waals surface area contributed by atoms with Crippen molar-refractivity contribution in [2.24, 2.45) is 0 Å². The van der Waals surface area contributed by atoms with Gasteiger partial charge in [-0.3, -0.25) is 4.79 Å². The molecule has 3 heteroatoms. The molecule has 1 aliphatic heterocycles. The lowest BCUT2D eigenvalue weighted by Gasteiger charge is -2.34. The van der Waals surface area contributed by atoms with Crippen LogP contribution < -0.4 is 0 Å². The highest BCUT2D eigenvalue weighted by Gasteiger charge is 2.39. The summed E-state index contributed by atoms with van der Waals surface area (Å²) in [6.07, 6.45) is 1.77. The summed E-state index contributed by atoms with van der Waals surface area (Å²) in [5.74, 6) is 0.169. The average Bonchev–Trinajstić information content (AvgIpc) is 2.42. The Morgan fingerprint density at radius 2 is 2.00 bits per heavy atom. The summed E-state index contributed by atoms with van der Waals surface area (Å²) in [4.78, 5) is 12.5. The molecular weight excluding hydrogens is 228 g/mol. The van der Waals surface area contributed by atoms with Crippen LogP contribution in [-0.2, 0) is 20.7 Å². The number of carbonyl (C=O) groups excluding carboxylic acids is 1. The average molecular weight is 248 g/mol. The van der Waals surface area contributed by atoms with E-state index in [2.05, 4.69) is 0 Å². The van der Waals surface area contributed by atoms with Crippen LogP contribution in [0.25, 0.3) is 0 Å². The molecule has 3 nitrogen and oxygen atoms in total. The highest BCUT2D eigenvalue weighted by Crippen LogP contribution is 2.27. The summed E-state index contributed by atoms with van der Waals surface area (Å²) >= 11 is 0. The van der Waals surface area contributed by atoms with Gasteiger partial charge in [0.05, 0.1) is 0 Å². The van der Waals surface area contributed by atoms with Crippen molar-refractivity contribution in [2.75, 3.05) is 20.3 Å². The maximum absolute atomic E-state index is 12.5. The Hall–Kier alpha value is -1.19. The van der Waals surface area contributed by atoms with Crippen LogP contribution in [0.2, 0.25) is 0 Å². The molecule has 0 amide bonds. The van der Waals surface area contributed by atoms with E-state index in [0.717, 1.165) is 11.1 Å². The van der Waals surface area contributed by atoms with E-state index >= 15 is 0 Å². The van der Waals surface area contributed by atoms with E-state index in [1.165, 1.54) is 0 Å². The second-order valence-electron chi connectivity index (χ2n) is 4.84. The Labute approximate surface area is 108 Å². The van der Waals surface area contributed by atoms with Gasteiger partial charge in [-0.1, -0.05) is 24.3 Å². The van der Waals surface area contributed by atoms with Gasteiger partial charge in [0.25, 0.3) is 0 Å². The van der Waals surface area contributed by atoms with E-state index in [1.807, 2.05) is 31.2 Å². The zero-order valence-corrected chi connectivity index (χ0v) is 11.1. The highest BCUT2D eigenvalue weighted by molar-refractivity contribution is 5.89. The fraction of sp³-hybridized carbons (Fsp3) is 0.533. The summed E-state index contributed by atoms with van der Waals surface area (Å²) in [6, 6.07) is 8.00. The van der Waals surface area contributed by atoms with Crippen LogP contribution >= 0.6 is 0 Å². The number of carbonyl (C=O) groups is 1. The minimum atomic E-state index is -0.638. The van der Waals surface area contributed by atoms with Crippen LogP contribution in [0.3, 0.4) is 0 Å². The topological polar surface area (TPSA) is 35.5 Å². The minimum Gasteiger partial charge on any atom is -0.381 e. The number of ether oxygens (including phenoxy) is 2. The first-order chi connectivity index (χ1) is 8.68. The van der Waals surface area contributed by atoms with Crippen LogP contribution in [0.15, 0.2) is 24.3 Å². The largest absolute Gasteiger partial charge is 0.381 e. The molecule has 1 aliphatic rings. The maximum atomic E-state index is 12.5. The van der Waals surface area contributed by atoms with E-state index in [1.54, 1.807) is 7.11 Å². The Kier molecular flexibility index (Phi) is 4.15. The molecule has 1 heterocycles. The van der Waals surface area contributed by atoms with E-state index in [4.69, 9.17) is 9.47 Å². The van der Waals surface area contributed by atoms with Crippen LogP contribution in [0, 0.1) is 6.92 Å². The lowest BCUT2D eigenvalue weighted by atomic mass is 9.85. The van der Waals surface area contributed by atoms with Crippen molar-refractivity contribution in [3.8, 4) is 0 Å². The van der Waals surface area contributed by atoms with Crippen molar-refractivity contribution in [3.63, 3.8) is 0 Å². The first kappa shape index (κ1) is 13.2. The molecule has 1 fully saturated rings. The van der Waals surface area contributed by atoms with E-state index in [0.29, 0.717) is 32.5 Å². The molecule has 0 bridgehead atoms. The van der Waals surface area contributed by atoms with Crippen LogP contribution in [0.1, 0.15) is 24.0 Å². The Morgan fingerprint density at radius 1 is 1.33 bits per heavy atom. The Morgan fingerprint density at radius 3 is 2.61 bits per heavy atom. The second-order valence-corrected chi connectivity index (χ2v) is 4.84. The molecule has 0 aliphatic carbocycles. The lowest BCUT2D eigenvalue weighted by Crippen LogP contribution is -2.46. The van der Waals surface area contributed by atoms with Gasteiger partial charge in [0.2, 0.25) is 0 Å². The number of ketones is 1. The Balaban J connectivity index is 2.13. The normalized spacial score (nSPS) is 18.6. The van der Waals surface area contributed by atoms with Crippen molar-refractivity contribution >= 4 is 5.78 Å². The molecule has 1 aromatic rings. The first-order valence-corrected chi connectivity index (χ1v) is 6.39. The third-order valence-corrected chi connectivity index (χ3v) is 3.81. The zero-order chi connectivity index (χ0) is 13.0. The predicted molar refractivity (Wildman–Crippen MR) is 69.7 cm³/mol. The first-order valence-electron chi connectivity index (χ1n) is 6.39. The molecular formula is C15H20O3. The number of rotatable bonds is 4. The smallest absolute Gasteiger partial charge is 0.169 e. The van der Waals surface area contributed by atoms with Gasteiger partial charge in [-0.15, -0.1) is 0 Å². The zero-order valence-electron chi connectivity index (χ0n) is 11.1. The van der Waals surface area contributed by atoms with Gasteiger partial charge in [-0.25, -0.2) is 0 Å². The number of Topliss-reactive ketones (excluding diaryl/α,β-unsaturated/α-hetero) is 1. The predicted octanol–water partition coefficient (Wildman–Crippen LogP) is 2.30. The van der Waals surface area contributed by atoms with E-state index in [-0.39, 0.29) is 5.78 Å². The molecule has 0 unspecified atom stereocenters. The van der Waals surface area contributed by atoms with Crippen LogP contribution in [0.5, 0.6) is 0 Å². The molecule has 1 aromatic carbocycles. The Bertz CT molecular complexity index is 420. The minimum absolute atomic E-state index is 0.169. The maximum Gasteiger partial charge on any atom is 0.169 e. The van der Waals surface area contributed by atoms with Crippen molar-refractivity contribution in [3.05, 3.63) is 35.4 Å². The fourth-order valence-corrected chi connectivity index (χ4v) is 2.44. The van der Waals surface area contributed by atoms with Gasteiger partial charge in [-0.2, -0.15) is 0 Å². The molecule has 18 heavy (non-hydrogen) atoms. The number of aryl methyl sites for hydroxylation is 1. The molecule has 0 radical (unpaired) electrons. The van der Waals surface area contributed by atoms with Gasteiger partial charge >= 0.3 is 0 Å². The third kappa shape index (κ3) is 2.62. The fourth-order valence-electron chi connectivity index (χ4n) is 2.44. The lowest BCUT2D eigenvalue weighted by molar-refractivity contribution is -0.151. The standard InChI is InChI=1S/C15H20O3/c1-12-5-3-4-6-13(12)11-14(16)15(17-2)7-9-18-10-8-15/h3-6H,7-11H2,1-2H3. The van der Waals surface area contributed by atoms with Gasteiger partial charge < -0.3 is 9.47 Å². The van der Waals surface area contributed by atoms with E-state index in [9.17, 15) is 4.79 Å². The van der Waals surface area contributed by atoms with Gasteiger partial charge in [0.15, 0.2) is 5.78 Å². The monoisotopic (exact) mass is 248 g/mol. The molecule has 0 N–H and O–H groups in total. The van der Waals surface area contributed by atoms with Gasteiger partial charge in [0, 0.05) is 39.6 Å². The van der Waals surface area contributed by atoms with Gasteiger partial charge in [0.1, 0.15) is 5.60 Å². The second kappa shape index (κ2) is 5.63. The van der Waals surface area contributed by atoms with Crippen molar-refractivity contribution in [1.82, 2.24) is 0 Å². The van der Waals surface area contributed by atoms with Crippen LogP contribution in [-0.4, -0.2) is 31.7 Å². The SMILES string of the molecule is COC1(C(=O)Cc2ccccc2C)CCOCC1. The van der Waals surface area contributed by atoms with Crippen molar-refractivity contribution < 1.29 is 14.3 Å². The van der Waals surface area contributed by atoms with Crippen molar-refractivity contribution in [1.29, 1.82) is 0 Å². The van der Waals surface area contributed by atoms with Gasteiger partial charge in [-0.05, 0) is 18.1 Å². The van der Waals surface area contributed by atoms with Crippen molar-refractivity contribution in [2.45, 2.75) is 31.8 Å². The molecule has 2 rings (SSSR count). The number of hydrogen-bond acceptors (Lipinski definition) is 3. The molecule has 1 saturated heterocycles.